The van der Waals surface area contributed by atoms with Crippen LogP contribution in [0.4, 0.5) is 4.79 Å². The minimum atomic E-state index is -0.498. The standard InChI is InChI=1S/C12H21N5O2/c1-12(2,3)19-11(18)17-5-9(13)4-10(17)6-16-8-14-7-15-16/h7-10H,4-6,13H2,1-3H3/t9-,10+/m1/s1. The second kappa shape index (κ2) is 5.16. The summed E-state index contributed by atoms with van der Waals surface area (Å²) in [6.45, 7) is 6.68. The van der Waals surface area contributed by atoms with Gasteiger partial charge in [-0.3, -0.25) is 4.68 Å². The van der Waals surface area contributed by atoms with Gasteiger partial charge in [0.2, 0.25) is 0 Å². The van der Waals surface area contributed by atoms with Gasteiger partial charge in [0.25, 0.3) is 0 Å². The summed E-state index contributed by atoms with van der Waals surface area (Å²) in [7, 11) is 0. The van der Waals surface area contributed by atoms with Gasteiger partial charge < -0.3 is 15.4 Å². The Morgan fingerprint density at radius 1 is 1.53 bits per heavy atom. The molecule has 1 amide bonds. The van der Waals surface area contributed by atoms with Gasteiger partial charge in [0, 0.05) is 12.6 Å². The average Bonchev–Trinajstić information content (AvgIpc) is 2.86. The molecule has 2 atom stereocenters. The Morgan fingerprint density at radius 3 is 2.84 bits per heavy atom. The SMILES string of the molecule is CC(C)(C)OC(=O)N1C[C@H](N)C[C@H]1Cn1cncn1. The molecule has 2 heterocycles. The number of carbonyl (C=O) groups is 1. The molecule has 0 bridgehead atoms. The number of nitrogens with zero attached hydrogens (tertiary/aromatic N) is 4. The van der Waals surface area contributed by atoms with Crippen molar-refractivity contribution in [2.45, 2.75) is 51.4 Å². The quantitative estimate of drug-likeness (QED) is 0.848. The molecule has 1 saturated heterocycles. The molecule has 0 aromatic carbocycles. The van der Waals surface area contributed by atoms with Crippen LogP contribution in [0.2, 0.25) is 0 Å². The molecule has 106 valence electrons. The molecular weight excluding hydrogens is 246 g/mol. The summed E-state index contributed by atoms with van der Waals surface area (Å²) < 4.78 is 7.11. The van der Waals surface area contributed by atoms with E-state index in [0.717, 1.165) is 6.42 Å². The predicted molar refractivity (Wildman–Crippen MR) is 69.3 cm³/mol. The molecule has 0 saturated carbocycles. The van der Waals surface area contributed by atoms with Crippen molar-refractivity contribution in [3.05, 3.63) is 12.7 Å². The summed E-state index contributed by atoms with van der Waals surface area (Å²) in [6, 6.07) is -0.00686. The van der Waals surface area contributed by atoms with Gasteiger partial charge in [-0.2, -0.15) is 5.10 Å². The van der Waals surface area contributed by atoms with Crippen LogP contribution in [0.5, 0.6) is 0 Å². The molecule has 1 aliphatic rings. The van der Waals surface area contributed by atoms with Crippen LogP contribution < -0.4 is 5.73 Å². The molecule has 2 rings (SSSR count). The zero-order valence-corrected chi connectivity index (χ0v) is 11.6. The number of aromatic nitrogens is 3. The van der Waals surface area contributed by atoms with Gasteiger partial charge in [-0.05, 0) is 27.2 Å². The maximum absolute atomic E-state index is 12.1. The second-order valence-corrected chi connectivity index (χ2v) is 5.90. The summed E-state index contributed by atoms with van der Waals surface area (Å²) >= 11 is 0. The monoisotopic (exact) mass is 267 g/mol. The topological polar surface area (TPSA) is 86.3 Å². The third kappa shape index (κ3) is 3.66. The Balaban J connectivity index is 2.03. The Bertz CT molecular complexity index is 426. The van der Waals surface area contributed by atoms with E-state index in [4.69, 9.17) is 10.5 Å². The zero-order valence-electron chi connectivity index (χ0n) is 11.6. The number of rotatable bonds is 2. The molecule has 7 heteroatoms. The van der Waals surface area contributed by atoms with Gasteiger partial charge in [-0.15, -0.1) is 0 Å². The fraction of sp³-hybridized carbons (Fsp3) is 0.750. The van der Waals surface area contributed by atoms with E-state index in [0.29, 0.717) is 13.1 Å². The Labute approximate surface area is 112 Å². The lowest BCUT2D eigenvalue weighted by atomic mass is 10.2. The van der Waals surface area contributed by atoms with E-state index in [1.807, 2.05) is 20.8 Å². The van der Waals surface area contributed by atoms with E-state index < -0.39 is 5.60 Å². The number of hydrogen-bond acceptors (Lipinski definition) is 5. The fourth-order valence-electron chi connectivity index (χ4n) is 2.21. The summed E-state index contributed by atoms with van der Waals surface area (Å²) in [5, 5.41) is 4.06. The zero-order chi connectivity index (χ0) is 14.0. The number of amides is 1. The third-order valence-corrected chi connectivity index (χ3v) is 2.94. The fourth-order valence-corrected chi connectivity index (χ4v) is 2.21. The van der Waals surface area contributed by atoms with Crippen LogP contribution in [0, 0.1) is 0 Å². The maximum atomic E-state index is 12.1. The first-order valence-electron chi connectivity index (χ1n) is 6.43. The summed E-state index contributed by atoms with van der Waals surface area (Å²) in [5.74, 6) is 0. The minimum absolute atomic E-state index is 0.00606. The lowest BCUT2D eigenvalue weighted by Crippen LogP contribution is -2.42. The van der Waals surface area contributed by atoms with Crippen molar-refractivity contribution in [2.24, 2.45) is 5.73 Å². The van der Waals surface area contributed by atoms with Crippen molar-refractivity contribution < 1.29 is 9.53 Å². The van der Waals surface area contributed by atoms with E-state index in [1.165, 1.54) is 6.33 Å². The molecule has 1 fully saturated rings. The number of carbonyl (C=O) groups excluding carboxylic acids is 1. The highest BCUT2D eigenvalue weighted by molar-refractivity contribution is 5.69. The molecule has 1 aromatic heterocycles. The van der Waals surface area contributed by atoms with Gasteiger partial charge in [0.1, 0.15) is 18.3 Å². The van der Waals surface area contributed by atoms with Crippen molar-refractivity contribution in [1.29, 1.82) is 0 Å². The van der Waals surface area contributed by atoms with Crippen LogP contribution in [0.3, 0.4) is 0 Å². The van der Waals surface area contributed by atoms with Gasteiger partial charge >= 0.3 is 6.09 Å². The number of hydrogen-bond donors (Lipinski definition) is 1. The average molecular weight is 267 g/mol. The normalized spacial score (nSPS) is 23.7. The molecule has 2 N–H and O–H groups in total. The lowest BCUT2D eigenvalue weighted by molar-refractivity contribution is 0.0210. The van der Waals surface area contributed by atoms with Crippen molar-refractivity contribution in [3.8, 4) is 0 Å². The molecule has 1 aliphatic heterocycles. The molecule has 0 unspecified atom stereocenters. The number of likely N-dealkylation sites (tertiary alicyclic amines) is 1. The first kappa shape index (κ1) is 13.8. The molecule has 0 aliphatic carbocycles. The van der Waals surface area contributed by atoms with Crippen LogP contribution in [-0.4, -0.2) is 50.0 Å². The first-order valence-corrected chi connectivity index (χ1v) is 6.43. The van der Waals surface area contributed by atoms with Crippen molar-refractivity contribution in [2.75, 3.05) is 6.54 Å². The van der Waals surface area contributed by atoms with Crippen LogP contribution in [0.25, 0.3) is 0 Å². The molecule has 0 radical (unpaired) electrons. The van der Waals surface area contributed by atoms with Gasteiger partial charge in [0.05, 0.1) is 12.6 Å². The minimum Gasteiger partial charge on any atom is -0.444 e. The number of ether oxygens (including phenoxy) is 1. The maximum Gasteiger partial charge on any atom is 0.410 e. The van der Waals surface area contributed by atoms with E-state index >= 15 is 0 Å². The molecule has 1 aromatic rings. The molecule has 0 spiro atoms. The third-order valence-electron chi connectivity index (χ3n) is 2.94. The van der Waals surface area contributed by atoms with Crippen LogP contribution in [0.15, 0.2) is 12.7 Å². The van der Waals surface area contributed by atoms with Gasteiger partial charge in [-0.1, -0.05) is 0 Å². The Hall–Kier alpha value is -1.63. The highest BCUT2D eigenvalue weighted by Crippen LogP contribution is 2.21. The Morgan fingerprint density at radius 2 is 2.26 bits per heavy atom. The highest BCUT2D eigenvalue weighted by atomic mass is 16.6. The van der Waals surface area contributed by atoms with E-state index in [9.17, 15) is 4.79 Å². The second-order valence-electron chi connectivity index (χ2n) is 5.90. The lowest BCUT2D eigenvalue weighted by Gasteiger charge is -2.28. The largest absolute Gasteiger partial charge is 0.444 e. The van der Waals surface area contributed by atoms with Crippen molar-refractivity contribution in [1.82, 2.24) is 19.7 Å². The highest BCUT2D eigenvalue weighted by Gasteiger charge is 2.36. The smallest absolute Gasteiger partial charge is 0.410 e. The Kier molecular flexibility index (Phi) is 3.75. The first-order chi connectivity index (χ1) is 8.85. The van der Waals surface area contributed by atoms with Crippen LogP contribution in [-0.2, 0) is 11.3 Å². The van der Waals surface area contributed by atoms with Gasteiger partial charge in [-0.25, -0.2) is 9.78 Å². The van der Waals surface area contributed by atoms with E-state index in [-0.39, 0.29) is 18.2 Å². The van der Waals surface area contributed by atoms with Crippen molar-refractivity contribution >= 4 is 6.09 Å². The summed E-state index contributed by atoms with van der Waals surface area (Å²) in [4.78, 5) is 17.7. The summed E-state index contributed by atoms with van der Waals surface area (Å²) in [6.07, 6.45) is 3.55. The van der Waals surface area contributed by atoms with Gasteiger partial charge in [0.15, 0.2) is 0 Å². The van der Waals surface area contributed by atoms with Crippen molar-refractivity contribution in [3.63, 3.8) is 0 Å². The predicted octanol–water partition coefficient (Wildman–Crippen LogP) is 0.615. The number of nitrogens with two attached hydrogens (primary N) is 1. The van der Waals surface area contributed by atoms with Crippen LogP contribution in [0.1, 0.15) is 27.2 Å². The van der Waals surface area contributed by atoms with E-state index in [2.05, 4.69) is 10.1 Å². The summed E-state index contributed by atoms with van der Waals surface area (Å²) in [5.41, 5.74) is 5.45. The van der Waals surface area contributed by atoms with Crippen LogP contribution >= 0.6 is 0 Å². The molecule has 7 nitrogen and oxygen atoms in total. The molecule has 19 heavy (non-hydrogen) atoms. The van der Waals surface area contributed by atoms with E-state index in [1.54, 1.807) is 15.9 Å². The molecular formula is C12H21N5O2.